The van der Waals surface area contributed by atoms with Crippen LogP contribution in [0.2, 0.25) is 0 Å². The molecule has 242 valence electrons. The van der Waals surface area contributed by atoms with E-state index in [4.69, 9.17) is 9.47 Å². The Hall–Kier alpha value is -4.08. The highest BCUT2D eigenvalue weighted by atomic mass is 16.6. The van der Waals surface area contributed by atoms with Gasteiger partial charge in [0.25, 0.3) is 0 Å². The number of phenols is 1. The molecule has 0 spiro atoms. The van der Waals surface area contributed by atoms with Gasteiger partial charge in [0, 0.05) is 19.5 Å². The average molecular weight is 612 g/mol. The lowest BCUT2D eigenvalue weighted by Gasteiger charge is -2.35. The average Bonchev–Trinajstić information content (AvgIpc) is 2.94. The minimum atomic E-state index is -1.07. The molecule has 0 aliphatic rings. The van der Waals surface area contributed by atoms with Crippen LogP contribution in [0.3, 0.4) is 0 Å². The van der Waals surface area contributed by atoms with Gasteiger partial charge in [-0.25, -0.2) is 4.79 Å². The third-order valence-corrected chi connectivity index (χ3v) is 6.75. The number of aryl methyl sites for hydroxylation is 1. The molecule has 3 amide bonds. The number of carbonyl (C=O) groups is 4. The lowest BCUT2D eigenvalue weighted by molar-refractivity contribution is -0.144. The van der Waals surface area contributed by atoms with Gasteiger partial charge in [0.2, 0.25) is 11.8 Å². The first-order chi connectivity index (χ1) is 20.8. The molecule has 0 aliphatic heterocycles. The van der Waals surface area contributed by atoms with E-state index in [0.29, 0.717) is 17.5 Å². The van der Waals surface area contributed by atoms with Crippen molar-refractivity contribution in [3.05, 3.63) is 65.2 Å². The maximum Gasteiger partial charge on any atom is 0.408 e. The van der Waals surface area contributed by atoms with Crippen LogP contribution in [-0.4, -0.2) is 65.2 Å². The van der Waals surface area contributed by atoms with Crippen LogP contribution >= 0.6 is 0 Å². The fraction of sp³-hybridized carbons (Fsp3) is 0.529. The first-order valence-corrected chi connectivity index (χ1v) is 15.4. The number of carbonyl (C=O) groups excluding carboxylic acids is 4. The predicted molar refractivity (Wildman–Crippen MR) is 169 cm³/mol. The van der Waals surface area contributed by atoms with Crippen LogP contribution in [0.4, 0.5) is 4.79 Å². The molecule has 3 N–H and O–H groups in total. The normalized spacial score (nSPS) is 12.5. The summed E-state index contributed by atoms with van der Waals surface area (Å²) in [5.74, 6) is -1.24. The van der Waals surface area contributed by atoms with Crippen LogP contribution in [0.1, 0.15) is 89.5 Å². The zero-order valence-corrected chi connectivity index (χ0v) is 27.0. The molecule has 0 aromatic heterocycles. The first kappa shape index (κ1) is 36.1. The van der Waals surface area contributed by atoms with Gasteiger partial charge in [-0.05, 0) is 64.3 Å². The second-order valence-corrected chi connectivity index (χ2v) is 11.8. The summed E-state index contributed by atoms with van der Waals surface area (Å²) in [6.07, 6.45) is 2.81. The molecule has 2 aromatic rings. The van der Waals surface area contributed by atoms with Gasteiger partial charge in [0.1, 0.15) is 23.4 Å². The number of benzene rings is 2. The van der Waals surface area contributed by atoms with E-state index in [-0.39, 0.29) is 38.3 Å². The van der Waals surface area contributed by atoms with Gasteiger partial charge in [-0.3, -0.25) is 14.4 Å². The summed E-state index contributed by atoms with van der Waals surface area (Å²) < 4.78 is 10.5. The number of amides is 3. The predicted octanol–water partition coefficient (Wildman–Crippen LogP) is 5.36. The molecular weight excluding hydrogens is 562 g/mol. The molecule has 0 bridgehead atoms. The summed E-state index contributed by atoms with van der Waals surface area (Å²) in [5, 5.41) is 15.3. The summed E-state index contributed by atoms with van der Waals surface area (Å²) >= 11 is 0. The van der Waals surface area contributed by atoms with E-state index in [1.807, 2.05) is 25.1 Å². The SMILES string of the molecule is CCCCCCN(C(=O)C(Cc1ccc(O)cc1)NC(=O)OC(C)(C)C)C(C(=O)NCCC(=O)OCC)c1cccc(C)c1. The molecule has 2 aromatic carbocycles. The summed E-state index contributed by atoms with van der Waals surface area (Å²) in [5.41, 5.74) is 1.44. The minimum absolute atomic E-state index is 0.00571. The van der Waals surface area contributed by atoms with Gasteiger partial charge in [0.05, 0.1) is 13.0 Å². The Bertz CT molecular complexity index is 1220. The number of nitrogens with zero attached hydrogens (tertiary/aromatic N) is 1. The lowest BCUT2D eigenvalue weighted by Crippen LogP contribution is -2.54. The lowest BCUT2D eigenvalue weighted by atomic mass is 9.98. The highest BCUT2D eigenvalue weighted by Gasteiger charge is 2.36. The molecule has 10 heteroatoms. The summed E-state index contributed by atoms with van der Waals surface area (Å²) in [4.78, 5) is 54.8. The van der Waals surface area contributed by atoms with E-state index >= 15 is 0 Å². The standard InChI is InChI=1S/C34H49N3O7/c1-7-9-10-11-21-37(30(26-14-12-13-24(3)22-26)31(40)35-20-19-29(39)43-8-2)32(41)28(36-33(42)44-34(4,5)6)23-25-15-17-27(38)18-16-25/h12-18,22,28,30,38H,7-11,19-21,23H2,1-6H3,(H,35,40)(H,36,42). The second-order valence-electron chi connectivity index (χ2n) is 11.8. The van der Waals surface area contributed by atoms with Crippen molar-refractivity contribution >= 4 is 23.9 Å². The molecular formula is C34H49N3O7. The minimum Gasteiger partial charge on any atom is -0.508 e. The number of unbranched alkanes of at least 4 members (excludes halogenated alkanes) is 3. The number of esters is 1. The van der Waals surface area contributed by atoms with Gasteiger partial charge in [-0.15, -0.1) is 0 Å². The molecule has 44 heavy (non-hydrogen) atoms. The van der Waals surface area contributed by atoms with Crippen molar-refractivity contribution in [1.82, 2.24) is 15.5 Å². The summed E-state index contributed by atoms with van der Waals surface area (Å²) in [6, 6.07) is 11.7. The van der Waals surface area contributed by atoms with Gasteiger partial charge in [0.15, 0.2) is 0 Å². The van der Waals surface area contributed by atoms with Crippen LogP contribution in [-0.2, 0) is 30.3 Å². The summed E-state index contributed by atoms with van der Waals surface area (Å²) in [6.45, 7) is 11.5. The van der Waals surface area contributed by atoms with Crippen LogP contribution in [0, 0.1) is 6.92 Å². The molecule has 0 saturated carbocycles. The number of alkyl carbamates (subject to hydrolysis) is 1. The van der Waals surface area contributed by atoms with Crippen LogP contribution in [0.15, 0.2) is 48.5 Å². The van der Waals surface area contributed by atoms with E-state index in [2.05, 4.69) is 17.6 Å². The fourth-order valence-corrected chi connectivity index (χ4v) is 4.72. The third-order valence-electron chi connectivity index (χ3n) is 6.75. The Morgan fingerprint density at radius 2 is 1.68 bits per heavy atom. The van der Waals surface area contributed by atoms with E-state index in [9.17, 15) is 24.3 Å². The van der Waals surface area contributed by atoms with Gasteiger partial charge in [-0.1, -0.05) is 68.1 Å². The summed E-state index contributed by atoms with van der Waals surface area (Å²) in [7, 11) is 0. The maximum atomic E-state index is 14.5. The van der Waals surface area contributed by atoms with Crippen molar-refractivity contribution in [3.8, 4) is 5.75 Å². The highest BCUT2D eigenvalue weighted by Crippen LogP contribution is 2.25. The third kappa shape index (κ3) is 12.7. The van der Waals surface area contributed by atoms with E-state index in [1.165, 1.54) is 17.0 Å². The maximum absolute atomic E-state index is 14.5. The van der Waals surface area contributed by atoms with Crippen LogP contribution in [0.25, 0.3) is 0 Å². The topological polar surface area (TPSA) is 134 Å². The van der Waals surface area contributed by atoms with E-state index in [1.54, 1.807) is 45.9 Å². The Kier molecular flexibility index (Phi) is 14.7. The number of nitrogens with one attached hydrogen (secondary N) is 2. The zero-order valence-electron chi connectivity index (χ0n) is 27.0. The molecule has 2 unspecified atom stereocenters. The Labute approximate surface area is 261 Å². The quantitative estimate of drug-likeness (QED) is 0.172. The molecule has 0 saturated heterocycles. The number of ether oxygens (including phenoxy) is 2. The van der Waals surface area contributed by atoms with Crippen molar-refractivity contribution in [1.29, 1.82) is 0 Å². The smallest absolute Gasteiger partial charge is 0.408 e. The van der Waals surface area contributed by atoms with Gasteiger partial charge < -0.3 is 30.1 Å². The first-order valence-electron chi connectivity index (χ1n) is 15.4. The van der Waals surface area contributed by atoms with E-state index < -0.39 is 41.6 Å². The van der Waals surface area contributed by atoms with Crippen molar-refractivity contribution < 1.29 is 33.8 Å². The van der Waals surface area contributed by atoms with Crippen molar-refractivity contribution in [2.75, 3.05) is 19.7 Å². The molecule has 0 heterocycles. The Morgan fingerprint density at radius 1 is 0.977 bits per heavy atom. The number of hydrogen-bond acceptors (Lipinski definition) is 7. The van der Waals surface area contributed by atoms with Gasteiger partial charge >= 0.3 is 12.1 Å². The number of phenolic OH excluding ortho intramolecular Hbond substituents is 1. The van der Waals surface area contributed by atoms with Gasteiger partial charge in [-0.2, -0.15) is 0 Å². The highest BCUT2D eigenvalue weighted by molar-refractivity contribution is 5.92. The molecule has 0 aliphatic carbocycles. The van der Waals surface area contributed by atoms with Crippen molar-refractivity contribution in [2.24, 2.45) is 0 Å². The van der Waals surface area contributed by atoms with Crippen LogP contribution < -0.4 is 10.6 Å². The second kappa shape index (κ2) is 17.9. The van der Waals surface area contributed by atoms with Crippen LogP contribution in [0.5, 0.6) is 5.75 Å². The van der Waals surface area contributed by atoms with Crippen molar-refractivity contribution in [3.63, 3.8) is 0 Å². The monoisotopic (exact) mass is 611 g/mol. The number of rotatable bonds is 16. The molecule has 0 fully saturated rings. The molecule has 2 rings (SSSR count). The van der Waals surface area contributed by atoms with E-state index in [0.717, 1.165) is 24.8 Å². The number of aromatic hydroxyl groups is 1. The number of hydrogen-bond donors (Lipinski definition) is 3. The Morgan fingerprint density at radius 3 is 2.30 bits per heavy atom. The molecule has 10 nitrogen and oxygen atoms in total. The molecule has 0 radical (unpaired) electrons. The van der Waals surface area contributed by atoms with Crippen molar-refractivity contribution in [2.45, 2.75) is 97.8 Å². The fourth-order valence-electron chi connectivity index (χ4n) is 4.72. The Balaban J connectivity index is 2.52. The largest absolute Gasteiger partial charge is 0.508 e. The zero-order chi connectivity index (χ0) is 32.7. The molecule has 2 atom stereocenters.